The number of carbonyl (C=O) groups is 1. The van der Waals surface area contributed by atoms with Crippen LogP contribution in [0.25, 0.3) is 0 Å². The smallest absolute Gasteiger partial charge is 0.248 e. The molecule has 0 aromatic heterocycles. The second-order valence-corrected chi connectivity index (χ2v) is 11.0. The third-order valence-electron chi connectivity index (χ3n) is 4.39. The fourth-order valence-corrected chi connectivity index (χ4v) is 4.68. The zero-order chi connectivity index (χ0) is 22.7. The molecular weight excluding hydrogens is 450 g/mol. The maximum absolute atomic E-state index is 13.0. The summed E-state index contributed by atoms with van der Waals surface area (Å²) >= 11 is 5.89. The van der Waals surface area contributed by atoms with E-state index < -0.39 is 32.0 Å². The van der Waals surface area contributed by atoms with Gasteiger partial charge in [-0.15, -0.1) is 0 Å². The highest BCUT2D eigenvalue weighted by Gasteiger charge is 2.31. The van der Waals surface area contributed by atoms with Crippen molar-refractivity contribution < 1.29 is 21.6 Å². The molecule has 0 saturated carbocycles. The van der Waals surface area contributed by atoms with E-state index >= 15 is 0 Å². The maximum atomic E-state index is 13.0. The summed E-state index contributed by atoms with van der Waals surface area (Å²) in [6, 6.07) is 11.4. The van der Waals surface area contributed by atoms with Crippen LogP contribution in [0.2, 0.25) is 5.02 Å². The molecule has 2 aromatic rings. The van der Waals surface area contributed by atoms with Crippen molar-refractivity contribution >= 4 is 54.6 Å². The Morgan fingerprint density at radius 1 is 1.00 bits per heavy atom. The molecule has 1 N–H and O–H groups in total. The predicted octanol–water partition coefficient (Wildman–Crippen LogP) is 2.92. The Balaban J connectivity index is 2.36. The summed E-state index contributed by atoms with van der Waals surface area (Å²) < 4.78 is 50.6. The second-order valence-electron chi connectivity index (χ2n) is 6.73. The van der Waals surface area contributed by atoms with Crippen LogP contribution in [-0.2, 0) is 24.8 Å². The number of anilines is 3. The molecule has 0 aliphatic rings. The van der Waals surface area contributed by atoms with E-state index in [1.54, 1.807) is 37.3 Å². The molecule has 0 saturated heterocycles. The summed E-state index contributed by atoms with van der Waals surface area (Å²) in [6.07, 6.45) is 2.31. The summed E-state index contributed by atoms with van der Waals surface area (Å²) in [5.41, 5.74) is 1.02. The number of benzene rings is 2. The van der Waals surface area contributed by atoms with E-state index in [4.69, 9.17) is 11.6 Å². The Morgan fingerprint density at radius 2 is 1.60 bits per heavy atom. The monoisotopic (exact) mass is 473 g/mol. The van der Waals surface area contributed by atoms with Crippen LogP contribution in [0.4, 0.5) is 17.1 Å². The van der Waals surface area contributed by atoms with Crippen LogP contribution in [0.3, 0.4) is 0 Å². The third kappa shape index (κ3) is 5.87. The molecule has 11 heteroatoms. The highest BCUT2D eigenvalue weighted by atomic mass is 35.5. The number of nitrogens with zero attached hydrogens (tertiary/aromatic N) is 2. The van der Waals surface area contributed by atoms with E-state index in [1.807, 2.05) is 0 Å². The van der Waals surface area contributed by atoms with E-state index in [0.29, 0.717) is 22.1 Å². The van der Waals surface area contributed by atoms with E-state index in [9.17, 15) is 21.6 Å². The van der Waals surface area contributed by atoms with Crippen LogP contribution in [0.5, 0.6) is 0 Å². The lowest BCUT2D eigenvalue weighted by Crippen LogP contribution is -2.47. The molecule has 0 aliphatic carbocycles. The molecule has 2 rings (SSSR count). The Hall–Kier alpha value is -2.30. The molecular formula is C19H24ClN3O5S2. The van der Waals surface area contributed by atoms with Crippen molar-refractivity contribution in [3.05, 3.63) is 53.6 Å². The molecule has 0 spiro atoms. The van der Waals surface area contributed by atoms with E-state index in [-0.39, 0.29) is 6.42 Å². The minimum Gasteiger partial charge on any atom is -0.324 e. The Bertz CT molecular complexity index is 1120. The molecule has 0 bridgehead atoms. The fourth-order valence-electron chi connectivity index (χ4n) is 2.84. The first-order valence-electron chi connectivity index (χ1n) is 8.94. The zero-order valence-electron chi connectivity index (χ0n) is 17.0. The average Bonchev–Trinajstić information content (AvgIpc) is 2.64. The molecule has 8 nitrogen and oxygen atoms in total. The highest BCUT2D eigenvalue weighted by Crippen LogP contribution is 2.26. The second kappa shape index (κ2) is 9.23. The molecule has 0 heterocycles. The molecule has 164 valence electrons. The van der Waals surface area contributed by atoms with Gasteiger partial charge in [-0.2, -0.15) is 0 Å². The lowest BCUT2D eigenvalue weighted by Gasteiger charge is -2.30. The summed E-state index contributed by atoms with van der Waals surface area (Å²) in [6.45, 7) is 1.70. The van der Waals surface area contributed by atoms with Crippen molar-refractivity contribution in [2.45, 2.75) is 19.4 Å². The van der Waals surface area contributed by atoms with Gasteiger partial charge in [-0.05, 0) is 48.9 Å². The molecule has 1 amide bonds. The lowest BCUT2D eigenvalue weighted by atomic mass is 10.1. The molecule has 0 radical (unpaired) electrons. The van der Waals surface area contributed by atoms with Crippen molar-refractivity contribution in [2.24, 2.45) is 0 Å². The van der Waals surface area contributed by atoms with Gasteiger partial charge in [-0.1, -0.05) is 24.6 Å². The number of nitrogens with one attached hydrogen (secondary N) is 1. The van der Waals surface area contributed by atoms with Gasteiger partial charge in [0.15, 0.2) is 0 Å². The Kier molecular flexibility index (Phi) is 7.38. The first-order valence-corrected chi connectivity index (χ1v) is 13.0. The van der Waals surface area contributed by atoms with Gasteiger partial charge in [0, 0.05) is 17.8 Å². The van der Waals surface area contributed by atoms with Crippen LogP contribution in [0.15, 0.2) is 48.5 Å². The van der Waals surface area contributed by atoms with Crippen LogP contribution in [0, 0.1) is 0 Å². The van der Waals surface area contributed by atoms with E-state index in [0.717, 1.165) is 21.1 Å². The van der Waals surface area contributed by atoms with Gasteiger partial charge < -0.3 is 5.32 Å². The first kappa shape index (κ1) is 24.0. The molecule has 2 aromatic carbocycles. The van der Waals surface area contributed by atoms with Crippen LogP contribution >= 0.6 is 11.6 Å². The predicted molar refractivity (Wildman–Crippen MR) is 121 cm³/mol. The van der Waals surface area contributed by atoms with Gasteiger partial charge in [0.25, 0.3) is 0 Å². The first-order chi connectivity index (χ1) is 13.8. The van der Waals surface area contributed by atoms with Crippen molar-refractivity contribution in [3.8, 4) is 0 Å². The molecule has 1 atom stereocenters. The fraction of sp³-hybridized carbons (Fsp3) is 0.316. The number of carbonyl (C=O) groups excluding carboxylic acids is 1. The number of hydrogen-bond donors (Lipinski definition) is 1. The van der Waals surface area contributed by atoms with Gasteiger partial charge in [-0.3, -0.25) is 13.4 Å². The lowest BCUT2D eigenvalue weighted by molar-refractivity contribution is -0.117. The minimum atomic E-state index is -3.78. The Morgan fingerprint density at radius 3 is 2.10 bits per heavy atom. The number of hydrogen-bond acceptors (Lipinski definition) is 5. The van der Waals surface area contributed by atoms with Crippen molar-refractivity contribution in [2.75, 3.05) is 33.5 Å². The average molecular weight is 474 g/mol. The van der Waals surface area contributed by atoms with E-state index in [1.165, 1.54) is 25.2 Å². The summed E-state index contributed by atoms with van der Waals surface area (Å²) in [5.74, 6) is -0.544. The van der Waals surface area contributed by atoms with Gasteiger partial charge in [0.05, 0.1) is 23.9 Å². The molecule has 0 fully saturated rings. The van der Waals surface area contributed by atoms with Crippen LogP contribution in [0.1, 0.15) is 13.3 Å². The minimum absolute atomic E-state index is 0.213. The standard InChI is InChI=1S/C19H24ClN3O5S2/c1-5-18(23(30(4,27)28)16-11-9-14(20)10-12-16)19(24)21-15-7-6-8-17(13-15)22(2)29(3,25)26/h6-13,18H,5H2,1-4H3,(H,21,24)/t18-/m1/s1. The molecule has 0 aliphatic heterocycles. The number of rotatable bonds is 8. The van der Waals surface area contributed by atoms with Crippen molar-refractivity contribution in [1.82, 2.24) is 0 Å². The number of halogens is 1. The quantitative estimate of drug-likeness (QED) is 0.634. The normalized spacial score (nSPS) is 12.8. The zero-order valence-corrected chi connectivity index (χ0v) is 19.4. The topological polar surface area (TPSA) is 104 Å². The molecule has 30 heavy (non-hydrogen) atoms. The Labute approximate surface area is 182 Å². The van der Waals surface area contributed by atoms with E-state index in [2.05, 4.69) is 5.32 Å². The largest absolute Gasteiger partial charge is 0.324 e. The van der Waals surface area contributed by atoms with Gasteiger partial charge >= 0.3 is 0 Å². The van der Waals surface area contributed by atoms with Crippen LogP contribution in [-0.4, -0.2) is 48.3 Å². The van der Waals surface area contributed by atoms with Crippen molar-refractivity contribution in [3.63, 3.8) is 0 Å². The maximum Gasteiger partial charge on any atom is 0.248 e. The third-order valence-corrected chi connectivity index (χ3v) is 7.02. The summed E-state index contributed by atoms with van der Waals surface area (Å²) in [5, 5.41) is 3.12. The van der Waals surface area contributed by atoms with Crippen LogP contribution < -0.4 is 13.9 Å². The number of sulfonamides is 2. The van der Waals surface area contributed by atoms with Crippen molar-refractivity contribution in [1.29, 1.82) is 0 Å². The summed E-state index contributed by atoms with van der Waals surface area (Å²) in [4.78, 5) is 13.0. The van der Waals surface area contributed by atoms with Gasteiger partial charge in [-0.25, -0.2) is 16.8 Å². The summed E-state index contributed by atoms with van der Waals surface area (Å²) in [7, 11) is -5.85. The van der Waals surface area contributed by atoms with Gasteiger partial charge in [0.2, 0.25) is 26.0 Å². The van der Waals surface area contributed by atoms with Gasteiger partial charge in [0.1, 0.15) is 6.04 Å². The SMILES string of the molecule is CC[C@H](C(=O)Nc1cccc(N(C)S(C)(=O)=O)c1)N(c1ccc(Cl)cc1)S(C)(=O)=O. The molecule has 0 unspecified atom stereocenters. The highest BCUT2D eigenvalue weighted by molar-refractivity contribution is 7.92. The number of amides is 1.